The topological polar surface area (TPSA) is 56.7 Å². The average Bonchev–Trinajstić information content (AvgIpc) is 2.89. The van der Waals surface area contributed by atoms with Crippen LogP contribution in [0, 0.1) is 0 Å². The molecule has 0 unspecified atom stereocenters. The summed E-state index contributed by atoms with van der Waals surface area (Å²) in [6.45, 7) is 0. The molecule has 0 aliphatic carbocycles. The zero-order valence-corrected chi connectivity index (χ0v) is 11.8. The maximum absolute atomic E-state index is 6.16. The SMILES string of the molecule is Nc1ccc(-n2cc(-c3ccc(Cl)cc3Cl)nn2)cc1. The van der Waals surface area contributed by atoms with Crippen molar-refractivity contribution in [1.82, 2.24) is 15.0 Å². The number of nitrogens with zero attached hydrogens (tertiary/aromatic N) is 3. The van der Waals surface area contributed by atoms with Crippen molar-refractivity contribution in [3.05, 3.63) is 58.7 Å². The summed E-state index contributed by atoms with van der Waals surface area (Å²) in [4.78, 5) is 0. The summed E-state index contributed by atoms with van der Waals surface area (Å²) in [7, 11) is 0. The highest BCUT2D eigenvalue weighted by Gasteiger charge is 2.09. The molecule has 0 saturated heterocycles. The van der Waals surface area contributed by atoms with Gasteiger partial charge in [0.25, 0.3) is 0 Å². The molecule has 1 aromatic heterocycles. The number of nitrogen functional groups attached to an aromatic ring is 1. The van der Waals surface area contributed by atoms with E-state index in [0.29, 0.717) is 21.4 Å². The van der Waals surface area contributed by atoms with Gasteiger partial charge >= 0.3 is 0 Å². The van der Waals surface area contributed by atoms with E-state index in [0.717, 1.165) is 11.3 Å². The van der Waals surface area contributed by atoms with E-state index in [1.165, 1.54) is 0 Å². The Morgan fingerprint density at radius 1 is 1.00 bits per heavy atom. The van der Waals surface area contributed by atoms with Gasteiger partial charge in [-0.3, -0.25) is 0 Å². The predicted molar refractivity (Wildman–Crippen MR) is 81.2 cm³/mol. The van der Waals surface area contributed by atoms with Gasteiger partial charge in [0, 0.05) is 16.3 Å². The summed E-state index contributed by atoms with van der Waals surface area (Å²) in [5.74, 6) is 0. The molecule has 0 spiro atoms. The minimum atomic E-state index is 0.543. The Kier molecular flexibility index (Phi) is 3.34. The van der Waals surface area contributed by atoms with Crippen molar-refractivity contribution < 1.29 is 0 Å². The number of benzene rings is 2. The molecule has 0 fully saturated rings. The van der Waals surface area contributed by atoms with Crippen LogP contribution in [0.25, 0.3) is 16.9 Å². The van der Waals surface area contributed by atoms with Gasteiger partial charge in [0.2, 0.25) is 0 Å². The summed E-state index contributed by atoms with van der Waals surface area (Å²) in [6.07, 6.45) is 1.81. The fourth-order valence-corrected chi connectivity index (χ4v) is 2.34. The molecule has 20 heavy (non-hydrogen) atoms. The Labute approximate surface area is 125 Å². The molecule has 6 heteroatoms. The quantitative estimate of drug-likeness (QED) is 0.732. The summed E-state index contributed by atoms with van der Waals surface area (Å²) in [5, 5.41) is 9.35. The van der Waals surface area contributed by atoms with Gasteiger partial charge in [-0.15, -0.1) is 5.10 Å². The van der Waals surface area contributed by atoms with E-state index in [-0.39, 0.29) is 0 Å². The minimum absolute atomic E-state index is 0.543. The molecule has 0 aliphatic heterocycles. The fourth-order valence-electron chi connectivity index (χ4n) is 1.84. The van der Waals surface area contributed by atoms with Crippen molar-refractivity contribution in [2.24, 2.45) is 0 Å². The van der Waals surface area contributed by atoms with Crippen molar-refractivity contribution in [3.8, 4) is 16.9 Å². The second kappa shape index (κ2) is 5.15. The highest BCUT2D eigenvalue weighted by atomic mass is 35.5. The first-order valence-corrected chi connectivity index (χ1v) is 6.63. The van der Waals surface area contributed by atoms with Crippen LogP contribution in [0.5, 0.6) is 0 Å². The second-order valence-electron chi connectivity index (χ2n) is 4.26. The minimum Gasteiger partial charge on any atom is -0.399 e. The first kappa shape index (κ1) is 13.0. The predicted octanol–water partition coefficient (Wildman–Crippen LogP) is 3.82. The average molecular weight is 305 g/mol. The molecule has 0 saturated carbocycles. The van der Waals surface area contributed by atoms with Crippen molar-refractivity contribution in [2.45, 2.75) is 0 Å². The molecule has 0 amide bonds. The molecular formula is C14H10Cl2N4. The number of nitrogens with two attached hydrogens (primary N) is 1. The maximum atomic E-state index is 6.16. The lowest BCUT2D eigenvalue weighted by atomic mass is 10.2. The number of anilines is 1. The van der Waals surface area contributed by atoms with Crippen molar-refractivity contribution in [1.29, 1.82) is 0 Å². The van der Waals surface area contributed by atoms with E-state index in [1.54, 1.807) is 23.0 Å². The van der Waals surface area contributed by atoms with Gasteiger partial charge in [-0.1, -0.05) is 28.4 Å². The maximum Gasteiger partial charge on any atom is 0.115 e. The highest BCUT2D eigenvalue weighted by molar-refractivity contribution is 6.36. The third-order valence-corrected chi connectivity index (χ3v) is 3.41. The number of rotatable bonds is 2. The van der Waals surface area contributed by atoms with Crippen LogP contribution in [0.3, 0.4) is 0 Å². The van der Waals surface area contributed by atoms with Gasteiger partial charge in [0.1, 0.15) is 5.69 Å². The molecular weight excluding hydrogens is 295 g/mol. The Balaban J connectivity index is 1.99. The van der Waals surface area contributed by atoms with Crippen LogP contribution in [-0.2, 0) is 0 Å². The van der Waals surface area contributed by atoms with Crippen LogP contribution in [-0.4, -0.2) is 15.0 Å². The van der Waals surface area contributed by atoms with E-state index in [1.807, 2.05) is 30.3 Å². The number of aromatic nitrogens is 3. The smallest absolute Gasteiger partial charge is 0.115 e. The third kappa shape index (κ3) is 2.48. The highest BCUT2D eigenvalue weighted by Crippen LogP contribution is 2.29. The largest absolute Gasteiger partial charge is 0.399 e. The van der Waals surface area contributed by atoms with Crippen molar-refractivity contribution >= 4 is 28.9 Å². The van der Waals surface area contributed by atoms with Crippen LogP contribution in [0.1, 0.15) is 0 Å². The molecule has 3 aromatic rings. The Hall–Kier alpha value is -2.04. The van der Waals surface area contributed by atoms with Crippen LogP contribution >= 0.6 is 23.2 Å². The van der Waals surface area contributed by atoms with Crippen molar-refractivity contribution in [2.75, 3.05) is 5.73 Å². The molecule has 2 N–H and O–H groups in total. The lowest BCUT2D eigenvalue weighted by Crippen LogP contribution is -1.95. The standard InChI is InChI=1S/C14H10Cl2N4/c15-9-1-6-12(13(16)7-9)14-8-20(19-18-14)11-4-2-10(17)3-5-11/h1-8H,17H2. The first-order valence-electron chi connectivity index (χ1n) is 5.87. The van der Waals surface area contributed by atoms with Gasteiger partial charge in [0.05, 0.1) is 16.9 Å². The molecule has 100 valence electrons. The van der Waals surface area contributed by atoms with Crippen LogP contribution in [0.2, 0.25) is 10.0 Å². The van der Waals surface area contributed by atoms with Crippen LogP contribution in [0.15, 0.2) is 48.7 Å². The molecule has 2 aromatic carbocycles. The fraction of sp³-hybridized carbons (Fsp3) is 0. The summed E-state index contributed by atoms with van der Waals surface area (Å²) >= 11 is 12.0. The number of hydrogen-bond donors (Lipinski definition) is 1. The van der Waals surface area contributed by atoms with Crippen molar-refractivity contribution in [3.63, 3.8) is 0 Å². The van der Waals surface area contributed by atoms with Crippen LogP contribution in [0.4, 0.5) is 5.69 Å². The molecule has 0 radical (unpaired) electrons. The summed E-state index contributed by atoms with van der Waals surface area (Å²) in [5.41, 5.74) is 8.71. The Morgan fingerprint density at radius 2 is 1.75 bits per heavy atom. The first-order chi connectivity index (χ1) is 9.63. The van der Waals surface area contributed by atoms with Crippen LogP contribution < -0.4 is 5.73 Å². The van der Waals surface area contributed by atoms with E-state index < -0.39 is 0 Å². The monoisotopic (exact) mass is 304 g/mol. The molecule has 4 nitrogen and oxygen atoms in total. The van der Waals surface area contributed by atoms with Gasteiger partial charge < -0.3 is 5.73 Å². The van der Waals surface area contributed by atoms with Gasteiger partial charge in [-0.05, 0) is 42.5 Å². The van der Waals surface area contributed by atoms with E-state index in [9.17, 15) is 0 Å². The molecule has 0 atom stereocenters. The summed E-state index contributed by atoms with van der Waals surface area (Å²) < 4.78 is 1.67. The van der Waals surface area contributed by atoms with Gasteiger partial charge in [-0.25, -0.2) is 4.68 Å². The van der Waals surface area contributed by atoms with E-state index in [4.69, 9.17) is 28.9 Å². The zero-order chi connectivity index (χ0) is 14.1. The molecule has 0 aliphatic rings. The van der Waals surface area contributed by atoms with E-state index in [2.05, 4.69) is 10.3 Å². The van der Waals surface area contributed by atoms with E-state index >= 15 is 0 Å². The van der Waals surface area contributed by atoms with Gasteiger partial charge in [0.15, 0.2) is 0 Å². The Bertz CT molecular complexity index is 750. The summed E-state index contributed by atoms with van der Waals surface area (Å²) in [6, 6.07) is 12.6. The Morgan fingerprint density at radius 3 is 2.45 bits per heavy atom. The number of halogens is 2. The lowest BCUT2D eigenvalue weighted by molar-refractivity contribution is 0.804. The number of hydrogen-bond acceptors (Lipinski definition) is 3. The lowest BCUT2D eigenvalue weighted by Gasteiger charge is -2.01. The molecule has 3 rings (SSSR count). The second-order valence-corrected chi connectivity index (χ2v) is 5.11. The normalized spacial score (nSPS) is 10.7. The zero-order valence-electron chi connectivity index (χ0n) is 10.3. The molecule has 1 heterocycles. The van der Waals surface area contributed by atoms with Gasteiger partial charge in [-0.2, -0.15) is 0 Å². The molecule has 0 bridgehead atoms. The third-order valence-electron chi connectivity index (χ3n) is 2.86.